The van der Waals surface area contributed by atoms with E-state index in [1.165, 1.54) is 31.2 Å². The molecule has 29 heteroatoms. The number of aliphatic hydroxyl groups is 2. The van der Waals surface area contributed by atoms with Crippen LogP contribution < -0.4 is 53.4 Å². The first kappa shape index (κ1) is 68.3. The summed E-state index contributed by atoms with van der Waals surface area (Å²) in [4.78, 5) is 122. The molecule has 26 nitrogen and oxygen atoms in total. The Labute approximate surface area is 508 Å². The van der Waals surface area contributed by atoms with Crippen LogP contribution in [0.15, 0.2) is 85.1 Å². The van der Waals surface area contributed by atoms with Crippen LogP contribution in [0.25, 0.3) is 10.9 Å². The fraction of sp³-hybridized carbons (Fsp3) is 0.509. The highest BCUT2D eigenvalue weighted by Crippen LogP contribution is 2.25. The maximum atomic E-state index is 15.1. The molecule has 0 aliphatic carbocycles. The highest BCUT2D eigenvalue weighted by molar-refractivity contribution is 8.76. The van der Waals surface area contributed by atoms with E-state index < -0.39 is 112 Å². The number of aliphatic hydroxyl groups excluding tert-OH is 2. The first-order valence-electron chi connectivity index (χ1n) is 28.6. The fourth-order valence-electron chi connectivity index (χ4n) is 9.78. The van der Waals surface area contributed by atoms with Gasteiger partial charge >= 0.3 is 0 Å². The van der Waals surface area contributed by atoms with Crippen molar-refractivity contribution in [2.45, 2.75) is 113 Å². The van der Waals surface area contributed by atoms with E-state index in [1.807, 2.05) is 23.1 Å². The van der Waals surface area contributed by atoms with Gasteiger partial charge in [-0.15, -0.1) is 0 Å². The number of nitrogens with two attached hydrogens (primary N) is 2. The molecule has 16 N–H and O–H groups in total. The minimum absolute atomic E-state index is 0.00350. The molecule has 0 bridgehead atoms. The molecule has 2 fully saturated rings. The van der Waals surface area contributed by atoms with Gasteiger partial charge in [0.2, 0.25) is 57.3 Å². The van der Waals surface area contributed by atoms with Gasteiger partial charge in [-0.2, -0.15) is 0 Å². The lowest BCUT2D eigenvalue weighted by atomic mass is 10.0. The summed E-state index contributed by atoms with van der Waals surface area (Å²) in [5.41, 5.74) is 13.7. The third kappa shape index (κ3) is 21.2. The van der Waals surface area contributed by atoms with E-state index in [0.29, 0.717) is 62.3 Å². The summed E-state index contributed by atoms with van der Waals surface area (Å²) in [6.45, 7) is 6.07. The molecule has 0 radical (unpaired) electrons. The monoisotopic (exact) mass is 1250 g/mol. The molecule has 6 rings (SSSR count). The number of fused-ring (bicyclic) bond motifs is 1. The van der Waals surface area contributed by atoms with Crippen molar-refractivity contribution in [2.75, 3.05) is 69.7 Å². The van der Waals surface area contributed by atoms with Gasteiger partial charge < -0.3 is 69.0 Å². The van der Waals surface area contributed by atoms with Crippen molar-refractivity contribution in [3.05, 3.63) is 102 Å². The Kier molecular flexibility index (Phi) is 26.9. The molecule has 2 aliphatic heterocycles. The van der Waals surface area contributed by atoms with Crippen LogP contribution in [0.5, 0.6) is 5.75 Å². The van der Waals surface area contributed by atoms with Gasteiger partial charge in [-0.1, -0.05) is 89.2 Å². The second kappa shape index (κ2) is 33.9. The van der Waals surface area contributed by atoms with Crippen LogP contribution in [-0.2, 0) is 67.6 Å². The zero-order valence-corrected chi connectivity index (χ0v) is 50.7. The summed E-state index contributed by atoms with van der Waals surface area (Å²) in [5.74, 6) is -8.29. The number of aromatic nitrogens is 1. The number of piperazine rings is 1. The van der Waals surface area contributed by atoms with Crippen molar-refractivity contribution in [1.82, 2.24) is 56.7 Å². The standard InChI is InChI=1S/C57H81N13O13S3/c1-3-41-51(75)65-48(57(81)67-49(35(2)72)50(59)74)34-85-84-33-47(66-55(79)46(30-36-11-5-4-6-12-36)68-86(82,83)28-26-70-23-21-69(22-24-70)25-27-71)56(80)63-44(29-37-16-18-39(73)19-17-37)53(77)64-45(31-38-32-60-42-14-8-7-13-40(38)42)54(78)62-43(52(76)61-41)15-9-10-20-58/h4-8,11-14,16-19,32,35,41,43-49,60,68,71-73H,3,9-10,15,20-31,33-34,58H2,1-2H3,(H2,59,74)(H,61,76)(H,62,78)(H,63,80)(H,64,77)(H,65,75)(H,66,79)(H,67,81)/t35-,41+,43+,44+,45-,46-,47-,48-,49+/m1/s1. The lowest BCUT2D eigenvalue weighted by molar-refractivity contribution is -0.135. The number of carbonyl (C=O) groups is 8. The Balaban J connectivity index is 1.39. The number of phenolic OH excluding ortho intramolecular Hbond substituents is 1. The molecule has 0 unspecified atom stereocenters. The van der Waals surface area contributed by atoms with Gasteiger partial charge in [-0.05, 0) is 80.5 Å². The van der Waals surface area contributed by atoms with Crippen LogP contribution in [0, 0.1) is 0 Å². The van der Waals surface area contributed by atoms with Crippen LogP contribution in [0.3, 0.4) is 0 Å². The van der Waals surface area contributed by atoms with Gasteiger partial charge in [0, 0.05) is 80.7 Å². The van der Waals surface area contributed by atoms with Gasteiger partial charge in [0.1, 0.15) is 54.1 Å². The van der Waals surface area contributed by atoms with Gasteiger partial charge in [-0.3, -0.25) is 48.2 Å². The van der Waals surface area contributed by atoms with Crippen molar-refractivity contribution in [2.24, 2.45) is 11.5 Å². The van der Waals surface area contributed by atoms with E-state index in [1.54, 1.807) is 49.5 Å². The Bertz CT molecular complexity index is 3030. The Morgan fingerprint density at radius 3 is 1.98 bits per heavy atom. The number of sulfonamides is 1. The molecule has 2 aliphatic rings. The van der Waals surface area contributed by atoms with Crippen molar-refractivity contribution >= 4 is 89.8 Å². The van der Waals surface area contributed by atoms with Gasteiger partial charge in [-0.25, -0.2) is 13.1 Å². The third-order valence-electron chi connectivity index (χ3n) is 14.7. The van der Waals surface area contributed by atoms with Crippen LogP contribution in [0.4, 0.5) is 0 Å². The van der Waals surface area contributed by atoms with Crippen molar-refractivity contribution in [3.8, 4) is 5.75 Å². The highest BCUT2D eigenvalue weighted by atomic mass is 33.1. The minimum atomic E-state index is -4.20. The molecule has 8 amide bonds. The summed E-state index contributed by atoms with van der Waals surface area (Å²) >= 11 is 0. The first-order valence-corrected chi connectivity index (χ1v) is 32.8. The van der Waals surface area contributed by atoms with E-state index in [4.69, 9.17) is 11.5 Å². The smallest absolute Gasteiger partial charge is 0.244 e. The lowest BCUT2D eigenvalue weighted by Gasteiger charge is -2.34. The summed E-state index contributed by atoms with van der Waals surface area (Å²) in [7, 11) is -2.32. The van der Waals surface area contributed by atoms with E-state index >= 15 is 9.59 Å². The maximum absolute atomic E-state index is 15.1. The predicted molar refractivity (Wildman–Crippen MR) is 327 cm³/mol. The molecule has 86 heavy (non-hydrogen) atoms. The molecular formula is C57H81N13O13S3. The quantitative estimate of drug-likeness (QED) is 0.0266. The number of para-hydroxylation sites is 1. The Morgan fingerprint density at radius 1 is 0.733 bits per heavy atom. The van der Waals surface area contributed by atoms with Crippen LogP contribution in [-0.4, -0.2) is 210 Å². The fourth-order valence-corrected chi connectivity index (χ4v) is 13.3. The number of aromatic amines is 1. The Hall–Kier alpha value is -6.83. The number of carbonyl (C=O) groups excluding carboxylic acids is 8. The number of nitrogens with zero attached hydrogens (tertiary/aromatic N) is 2. The molecule has 470 valence electrons. The van der Waals surface area contributed by atoms with Crippen molar-refractivity contribution in [1.29, 1.82) is 0 Å². The zero-order chi connectivity index (χ0) is 62.3. The number of β-amino-alcohol motifs (C(OH)–C–C–N with tert-alkyl or cyclic N) is 1. The molecular weight excluding hydrogens is 1170 g/mol. The van der Waals surface area contributed by atoms with E-state index in [9.17, 15) is 52.5 Å². The number of H-pyrrole nitrogens is 1. The Morgan fingerprint density at radius 2 is 1.33 bits per heavy atom. The average molecular weight is 1250 g/mol. The molecule has 9 atom stereocenters. The lowest BCUT2D eigenvalue weighted by Crippen LogP contribution is -2.61. The zero-order valence-electron chi connectivity index (χ0n) is 48.2. The van der Waals surface area contributed by atoms with Gasteiger partial charge in [0.25, 0.3) is 0 Å². The largest absolute Gasteiger partial charge is 0.508 e. The van der Waals surface area contributed by atoms with Crippen LogP contribution in [0.1, 0.15) is 56.2 Å². The highest BCUT2D eigenvalue weighted by Gasteiger charge is 2.37. The number of unbranched alkanes of at least 4 members (excludes halogenated alkanes) is 1. The number of amides is 8. The molecule has 3 aromatic carbocycles. The van der Waals surface area contributed by atoms with Crippen LogP contribution in [0.2, 0.25) is 0 Å². The maximum Gasteiger partial charge on any atom is 0.244 e. The minimum Gasteiger partial charge on any atom is -0.508 e. The van der Waals surface area contributed by atoms with E-state index in [0.717, 1.165) is 32.5 Å². The second-order valence-corrected chi connectivity index (χ2v) is 25.7. The number of phenols is 1. The molecule has 0 saturated carbocycles. The topological polar surface area (TPSA) is 402 Å². The number of benzene rings is 3. The molecule has 2 saturated heterocycles. The molecule has 0 spiro atoms. The molecule has 1 aromatic heterocycles. The second-order valence-electron chi connectivity index (χ2n) is 21.3. The number of hydrogen-bond donors (Lipinski definition) is 14. The van der Waals surface area contributed by atoms with Crippen molar-refractivity contribution < 1.29 is 62.1 Å². The number of nitrogens with one attached hydrogen (secondary N) is 9. The number of aromatic hydroxyl groups is 1. The summed E-state index contributed by atoms with van der Waals surface area (Å²) < 4.78 is 30.5. The number of primary amides is 1. The van der Waals surface area contributed by atoms with Crippen LogP contribution >= 0.6 is 21.6 Å². The van der Waals surface area contributed by atoms with Gasteiger partial charge in [0.15, 0.2) is 0 Å². The SMILES string of the molecule is CC[C@@H]1NC(=O)[C@H](CCCCN)NC(=O)[C@@H](Cc2c[nH]c3ccccc23)NC(=O)[C@H](Cc2ccc(O)cc2)NC(=O)[C@H](NC(=O)[C@@H](Cc2ccccc2)NS(=O)(=O)CCN2CCN(CCO)CC2)CSSC[C@H](C(=O)N[C@H](C(N)=O)[C@@H](C)O)NC1=O. The summed E-state index contributed by atoms with van der Waals surface area (Å²) in [6, 6.07) is 9.94. The number of hydrogen-bond acceptors (Lipinski definition) is 18. The van der Waals surface area contributed by atoms with E-state index in [-0.39, 0.29) is 74.8 Å². The molecule has 4 aromatic rings. The summed E-state index contributed by atoms with van der Waals surface area (Å²) in [5, 5.41) is 49.5. The average Bonchev–Trinajstić information content (AvgIpc) is 4.03. The summed E-state index contributed by atoms with van der Waals surface area (Å²) in [6.07, 6.45) is 0.511. The predicted octanol–water partition coefficient (Wildman–Crippen LogP) is -2.01. The number of rotatable bonds is 24. The third-order valence-corrected chi connectivity index (χ3v) is 18.5. The molecule has 3 heterocycles. The van der Waals surface area contributed by atoms with Gasteiger partial charge in [0.05, 0.1) is 18.5 Å². The van der Waals surface area contributed by atoms with E-state index in [2.05, 4.69) is 51.8 Å². The first-order chi connectivity index (χ1) is 41.2. The van der Waals surface area contributed by atoms with Crippen molar-refractivity contribution in [3.63, 3.8) is 0 Å². The normalized spacial score (nSPS) is 22.2.